The first-order valence-electron chi connectivity index (χ1n) is 7.98. The summed E-state index contributed by atoms with van der Waals surface area (Å²) in [4.78, 5) is 30.9. The number of rotatable bonds is 5. The quantitative estimate of drug-likeness (QED) is 0.409. The van der Waals surface area contributed by atoms with Crippen LogP contribution in [0, 0.1) is 0 Å². The summed E-state index contributed by atoms with van der Waals surface area (Å²) in [6, 6.07) is -2.30. The van der Waals surface area contributed by atoms with Gasteiger partial charge in [0.1, 0.15) is 6.04 Å². The van der Waals surface area contributed by atoms with Crippen molar-refractivity contribution < 1.29 is 40.1 Å². The number of sulfone groups is 1. The van der Waals surface area contributed by atoms with Crippen molar-refractivity contribution in [1.82, 2.24) is 15.4 Å². The molecule has 3 heterocycles. The molecule has 0 aliphatic carbocycles. The summed E-state index contributed by atoms with van der Waals surface area (Å²) in [6.07, 6.45) is 0.683. The molecular formula is C12H19N3O9S2. The van der Waals surface area contributed by atoms with E-state index < -0.39 is 50.4 Å². The molecular weight excluding hydrogens is 394 g/mol. The fourth-order valence-electron chi connectivity index (χ4n) is 3.30. The summed E-state index contributed by atoms with van der Waals surface area (Å²) in [5.41, 5.74) is 2.26. The van der Waals surface area contributed by atoms with Gasteiger partial charge in [-0.1, -0.05) is 0 Å². The van der Waals surface area contributed by atoms with Crippen LogP contribution in [0.5, 0.6) is 0 Å². The van der Waals surface area contributed by atoms with Gasteiger partial charge in [0.15, 0.2) is 9.84 Å². The SMILES string of the molecule is O=C(NOC1CCS(=O)(=O)CC1)[C@@H]1CCC2CN1C(=O)N2OS(=O)(=O)O. The Hall–Kier alpha value is -1.48. The number of hydrogen-bond donors (Lipinski definition) is 2. The van der Waals surface area contributed by atoms with Crippen LogP contribution in [0.3, 0.4) is 0 Å². The van der Waals surface area contributed by atoms with Gasteiger partial charge in [0.2, 0.25) is 0 Å². The number of hydroxylamine groups is 3. The lowest BCUT2D eigenvalue weighted by Crippen LogP contribution is -2.50. The first-order valence-corrected chi connectivity index (χ1v) is 11.2. The molecule has 3 aliphatic heterocycles. The van der Waals surface area contributed by atoms with Crippen molar-refractivity contribution in [2.24, 2.45) is 0 Å². The molecule has 2 atom stereocenters. The molecule has 14 heteroatoms. The van der Waals surface area contributed by atoms with E-state index >= 15 is 0 Å². The van der Waals surface area contributed by atoms with Crippen LogP contribution in [0.25, 0.3) is 0 Å². The molecule has 3 saturated heterocycles. The monoisotopic (exact) mass is 413 g/mol. The minimum atomic E-state index is -4.85. The number of nitrogens with zero attached hydrogens (tertiary/aromatic N) is 2. The Balaban J connectivity index is 1.55. The van der Waals surface area contributed by atoms with E-state index in [4.69, 9.17) is 9.39 Å². The number of nitrogens with one attached hydrogen (secondary N) is 1. The third kappa shape index (κ3) is 4.25. The van der Waals surface area contributed by atoms with Crippen molar-refractivity contribution in [2.45, 2.75) is 43.9 Å². The van der Waals surface area contributed by atoms with Crippen LogP contribution in [0.15, 0.2) is 0 Å². The van der Waals surface area contributed by atoms with Crippen molar-refractivity contribution in [2.75, 3.05) is 18.1 Å². The van der Waals surface area contributed by atoms with Gasteiger partial charge in [-0.2, -0.15) is 13.5 Å². The molecule has 12 nitrogen and oxygen atoms in total. The smallest absolute Gasteiger partial charge is 0.309 e. The van der Waals surface area contributed by atoms with Gasteiger partial charge in [-0.3, -0.25) is 14.2 Å². The Morgan fingerprint density at radius 2 is 1.85 bits per heavy atom. The lowest BCUT2D eigenvalue weighted by Gasteiger charge is -2.30. The predicted octanol–water partition coefficient (Wildman–Crippen LogP) is -1.39. The zero-order chi connectivity index (χ0) is 19.1. The maximum atomic E-state index is 12.3. The predicted molar refractivity (Wildman–Crippen MR) is 84.3 cm³/mol. The highest BCUT2D eigenvalue weighted by atomic mass is 32.3. The van der Waals surface area contributed by atoms with Crippen molar-refractivity contribution in [3.63, 3.8) is 0 Å². The molecule has 2 N–H and O–H groups in total. The molecule has 26 heavy (non-hydrogen) atoms. The molecule has 1 unspecified atom stereocenters. The van der Waals surface area contributed by atoms with Crippen LogP contribution in [0.2, 0.25) is 0 Å². The van der Waals surface area contributed by atoms with Crippen LogP contribution in [0.1, 0.15) is 25.7 Å². The van der Waals surface area contributed by atoms with E-state index in [2.05, 4.69) is 9.76 Å². The normalized spacial score (nSPS) is 29.0. The summed E-state index contributed by atoms with van der Waals surface area (Å²) in [7, 11) is -7.89. The standard InChI is InChI=1S/C12H19N3O9S2/c16-11(13-23-9-3-5-25(18,19)6-4-9)10-2-1-8-7-14(10)12(17)15(8)24-26(20,21)22/h8-10H,1-7H2,(H,13,16)(H,20,21,22)/t8?,10-/m0/s1. The average Bonchev–Trinajstić information content (AvgIpc) is 2.77. The molecule has 148 valence electrons. The Morgan fingerprint density at radius 3 is 2.46 bits per heavy atom. The third-order valence-corrected chi connectivity index (χ3v) is 6.69. The van der Waals surface area contributed by atoms with Crippen LogP contribution in [0.4, 0.5) is 4.79 Å². The number of carbonyl (C=O) groups excluding carboxylic acids is 2. The second kappa shape index (κ2) is 6.92. The molecule has 0 spiro atoms. The van der Waals surface area contributed by atoms with Gasteiger partial charge in [-0.25, -0.2) is 18.7 Å². The summed E-state index contributed by atoms with van der Waals surface area (Å²) in [6.45, 7) is 0.0775. The Morgan fingerprint density at radius 1 is 1.19 bits per heavy atom. The summed E-state index contributed by atoms with van der Waals surface area (Å²) in [5.74, 6) is -0.602. The van der Waals surface area contributed by atoms with Crippen LogP contribution in [-0.2, 0) is 34.2 Å². The first-order chi connectivity index (χ1) is 12.1. The number of piperidine rings is 1. The summed E-state index contributed by atoms with van der Waals surface area (Å²) < 4.78 is 57.4. The van der Waals surface area contributed by atoms with Crippen molar-refractivity contribution in [3.8, 4) is 0 Å². The minimum absolute atomic E-state index is 0.00874. The molecule has 0 aromatic heterocycles. The molecule has 0 aromatic rings. The van der Waals surface area contributed by atoms with Crippen molar-refractivity contribution >= 4 is 32.2 Å². The maximum Gasteiger partial charge on any atom is 0.418 e. The van der Waals surface area contributed by atoms with E-state index in [1.807, 2.05) is 0 Å². The fourth-order valence-corrected chi connectivity index (χ4v) is 5.14. The highest BCUT2D eigenvalue weighted by molar-refractivity contribution is 7.91. The van der Waals surface area contributed by atoms with Gasteiger partial charge in [-0.15, -0.1) is 4.28 Å². The molecule has 0 aromatic carbocycles. The lowest BCUT2D eigenvalue weighted by molar-refractivity contribution is -0.144. The Bertz CT molecular complexity index is 783. The highest BCUT2D eigenvalue weighted by Crippen LogP contribution is 2.30. The van der Waals surface area contributed by atoms with Gasteiger partial charge >= 0.3 is 16.4 Å². The maximum absolute atomic E-state index is 12.3. The Labute approximate surface area is 150 Å². The largest absolute Gasteiger partial charge is 0.418 e. The average molecular weight is 413 g/mol. The molecule has 3 rings (SSSR count). The van der Waals surface area contributed by atoms with Gasteiger partial charge < -0.3 is 4.90 Å². The van der Waals surface area contributed by atoms with Crippen LogP contribution >= 0.6 is 0 Å². The number of carbonyl (C=O) groups is 2. The van der Waals surface area contributed by atoms with Crippen molar-refractivity contribution in [3.05, 3.63) is 0 Å². The lowest BCUT2D eigenvalue weighted by atomic mass is 10.0. The van der Waals surface area contributed by atoms with E-state index in [9.17, 15) is 26.4 Å². The van der Waals surface area contributed by atoms with Gasteiger partial charge in [0.05, 0.1) is 23.7 Å². The van der Waals surface area contributed by atoms with E-state index in [1.165, 1.54) is 0 Å². The third-order valence-electron chi connectivity index (χ3n) is 4.63. The summed E-state index contributed by atoms with van der Waals surface area (Å²) in [5, 5.41) is 0.551. The van der Waals surface area contributed by atoms with Crippen LogP contribution in [-0.4, -0.2) is 79.5 Å². The first kappa shape index (κ1) is 19.3. The number of urea groups is 1. The number of fused-ring (bicyclic) bond motifs is 2. The molecule has 0 radical (unpaired) electrons. The highest BCUT2D eigenvalue weighted by Gasteiger charge is 2.49. The molecule has 3 fully saturated rings. The summed E-state index contributed by atoms with van der Waals surface area (Å²) >= 11 is 0. The molecule has 3 aliphatic rings. The van der Waals surface area contributed by atoms with Gasteiger partial charge in [-0.05, 0) is 25.7 Å². The van der Waals surface area contributed by atoms with Gasteiger partial charge in [0, 0.05) is 6.54 Å². The molecule has 0 saturated carbocycles. The van der Waals surface area contributed by atoms with Crippen LogP contribution < -0.4 is 5.48 Å². The van der Waals surface area contributed by atoms with E-state index in [-0.39, 0.29) is 37.3 Å². The molecule has 2 bridgehead atoms. The second-order valence-electron chi connectivity index (χ2n) is 6.45. The van der Waals surface area contributed by atoms with Crippen molar-refractivity contribution in [1.29, 1.82) is 0 Å². The van der Waals surface area contributed by atoms with Gasteiger partial charge in [0.25, 0.3) is 5.91 Å². The molecule has 3 amide bonds. The fraction of sp³-hybridized carbons (Fsp3) is 0.833. The Kier molecular flexibility index (Phi) is 5.13. The number of hydrogen-bond acceptors (Lipinski definition) is 8. The zero-order valence-corrected chi connectivity index (χ0v) is 15.2. The van der Waals surface area contributed by atoms with E-state index in [0.29, 0.717) is 11.5 Å². The zero-order valence-electron chi connectivity index (χ0n) is 13.6. The number of amides is 3. The minimum Gasteiger partial charge on any atom is -0.309 e. The van der Waals surface area contributed by atoms with E-state index in [0.717, 1.165) is 4.90 Å². The second-order valence-corrected chi connectivity index (χ2v) is 9.75. The topological polar surface area (TPSA) is 160 Å². The van der Waals surface area contributed by atoms with E-state index in [1.54, 1.807) is 0 Å².